The van der Waals surface area contributed by atoms with Gasteiger partial charge in [-0.05, 0) is 12.8 Å². The average Bonchev–Trinajstić information content (AvgIpc) is 3.21. The van der Waals surface area contributed by atoms with Crippen molar-refractivity contribution in [3.05, 3.63) is 104 Å². The molecule has 0 unspecified atom stereocenters. The van der Waals surface area contributed by atoms with Crippen molar-refractivity contribution in [2.24, 2.45) is 47.3 Å². The van der Waals surface area contributed by atoms with Crippen molar-refractivity contribution in [1.29, 1.82) is 0 Å². The van der Waals surface area contributed by atoms with E-state index in [1.54, 1.807) is 0 Å². The van der Waals surface area contributed by atoms with Crippen molar-refractivity contribution in [3.8, 4) is 33.8 Å². The molecule has 0 N–H and O–H groups in total. The summed E-state index contributed by atoms with van der Waals surface area (Å²) in [5, 5.41) is 0. The van der Waals surface area contributed by atoms with E-state index < -0.39 is 21.2 Å². The Bertz CT molecular complexity index is 1920. The Balaban J connectivity index is 0.841. The van der Waals surface area contributed by atoms with E-state index in [-0.39, 0.29) is 36.4 Å². The molecule has 12 rings (SSSR count). The fraction of sp³-hybridized carbons (Fsp3) is 0.480. The van der Waals surface area contributed by atoms with Crippen LogP contribution in [0.4, 0.5) is 0 Å². The summed E-state index contributed by atoms with van der Waals surface area (Å²) >= 11 is -0.605. The molecule has 8 saturated carbocycles. The summed E-state index contributed by atoms with van der Waals surface area (Å²) in [6, 6.07) is 33.3. The molecule has 0 atom stereocenters. The molecule has 57 heavy (non-hydrogen) atoms. The van der Waals surface area contributed by atoms with Crippen LogP contribution in [0, 0.1) is 54.5 Å². The fourth-order valence-electron chi connectivity index (χ4n) is 12.6. The summed E-state index contributed by atoms with van der Waals surface area (Å²) < 4.78 is 27.7. The average molecular weight is 878 g/mol. The molecule has 0 saturated heterocycles. The molecule has 0 heterocycles. The van der Waals surface area contributed by atoms with Crippen molar-refractivity contribution >= 4 is 11.9 Å². The number of carbonyl (C=O) groups is 2. The van der Waals surface area contributed by atoms with Crippen LogP contribution in [0.2, 0.25) is 0 Å². The number of ether oxygens (including phenoxy) is 4. The number of hydrogen-bond acceptors (Lipinski definition) is 6. The topological polar surface area (TPSA) is 71.1 Å². The van der Waals surface area contributed by atoms with Gasteiger partial charge in [-0.1, -0.05) is 0 Å². The van der Waals surface area contributed by atoms with Crippen molar-refractivity contribution in [2.45, 2.75) is 89.3 Å². The molecule has 6 nitrogen and oxygen atoms in total. The normalized spacial score (nSPS) is 32.9. The van der Waals surface area contributed by atoms with Gasteiger partial charge in [-0.3, -0.25) is 0 Å². The van der Waals surface area contributed by atoms with Crippen LogP contribution >= 0.6 is 0 Å². The molecule has 0 aliphatic heterocycles. The summed E-state index contributed by atoms with van der Waals surface area (Å²) in [4.78, 5) is 26.8. The zero-order chi connectivity index (χ0) is 38.7. The summed E-state index contributed by atoms with van der Waals surface area (Å²) in [6.45, 7) is 4.16. The second kappa shape index (κ2) is 15.1. The Hall–Kier alpha value is -3.85. The van der Waals surface area contributed by atoms with E-state index in [0.717, 1.165) is 45.9 Å². The maximum atomic E-state index is 13.4. The van der Waals surface area contributed by atoms with E-state index in [1.165, 1.54) is 71.3 Å². The Morgan fingerprint density at radius 2 is 0.860 bits per heavy atom. The SMILES string of the molecule is CC1(OC(=O)COc2ccc([I-]c3ccc(OCC(=O)OC4(C)C5CC6CC(C5)CC4C6)c(-c4ccccc4)c3)cc2-c2ccccc2)C2CC3CC(C2)CC1C3. The molecule has 8 aliphatic carbocycles. The third-order valence-electron chi connectivity index (χ3n) is 15.1. The van der Waals surface area contributed by atoms with Crippen LogP contribution in [0.15, 0.2) is 97.1 Å². The molecule has 7 heteroatoms. The second-order valence-electron chi connectivity index (χ2n) is 18.6. The van der Waals surface area contributed by atoms with E-state index >= 15 is 0 Å². The van der Waals surface area contributed by atoms with Gasteiger partial charge in [0.25, 0.3) is 0 Å². The van der Waals surface area contributed by atoms with Crippen LogP contribution in [0.25, 0.3) is 22.3 Å². The Kier molecular flexibility index (Phi) is 9.89. The zero-order valence-electron chi connectivity index (χ0n) is 33.2. The van der Waals surface area contributed by atoms with Gasteiger partial charge < -0.3 is 0 Å². The number of esters is 2. The van der Waals surface area contributed by atoms with Gasteiger partial charge >= 0.3 is 337 Å². The third kappa shape index (κ3) is 7.29. The molecule has 4 aromatic carbocycles. The third-order valence-corrected chi connectivity index (χ3v) is 17.7. The van der Waals surface area contributed by atoms with Crippen LogP contribution < -0.4 is 30.7 Å². The molecule has 4 aromatic rings. The van der Waals surface area contributed by atoms with Gasteiger partial charge in [0.2, 0.25) is 0 Å². The van der Waals surface area contributed by atoms with E-state index in [0.29, 0.717) is 35.2 Å². The monoisotopic (exact) mass is 877 g/mol. The molecule has 0 aromatic heterocycles. The number of benzene rings is 4. The van der Waals surface area contributed by atoms with E-state index in [4.69, 9.17) is 18.9 Å². The van der Waals surface area contributed by atoms with Gasteiger partial charge in [-0.25, -0.2) is 0 Å². The molecule has 0 spiro atoms. The van der Waals surface area contributed by atoms with Crippen molar-refractivity contribution in [3.63, 3.8) is 0 Å². The minimum absolute atomic E-state index is 0.104. The van der Waals surface area contributed by atoms with Gasteiger partial charge in [-0.15, -0.1) is 0 Å². The maximum absolute atomic E-state index is 13.4. The molecular weight excluding hydrogens is 823 g/mol. The number of halogens is 1. The molecule has 0 amide bonds. The van der Waals surface area contributed by atoms with Gasteiger partial charge in [-0.2, -0.15) is 0 Å². The predicted molar refractivity (Wildman–Crippen MR) is 215 cm³/mol. The first kappa shape index (κ1) is 37.4. The van der Waals surface area contributed by atoms with E-state index in [1.807, 2.05) is 48.5 Å². The van der Waals surface area contributed by atoms with Gasteiger partial charge in [0, 0.05) is 0 Å². The quantitative estimate of drug-likeness (QED) is 0.109. The molecule has 8 aliphatic rings. The van der Waals surface area contributed by atoms with Gasteiger partial charge in [0.15, 0.2) is 0 Å². The van der Waals surface area contributed by atoms with E-state index in [9.17, 15) is 9.59 Å². The van der Waals surface area contributed by atoms with Crippen molar-refractivity contribution < 1.29 is 49.7 Å². The Morgan fingerprint density at radius 1 is 0.509 bits per heavy atom. The molecule has 8 bridgehead atoms. The van der Waals surface area contributed by atoms with Crippen LogP contribution in [0.5, 0.6) is 11.5 Å². The van der Waals surface area contributed by atoms with Crippen molar-refractivity contribution in [2.75, 3.05) is 13.2 Å². The molecule has 8 fully saturated rings. The second-order valence-corrected chi connectivity index (χ2v) is 21.6. The van der Waals surface area contributed by atoms with E-state index in [2.05, 4.69) is 62.4 Å². The standard InChI is InChI=1S/C50H54IO6/c1-49(37-19-31-17-32(21-37)22-38(49)20-31)56-47(52)29-54-45-15-13-41(27-43(45)35-9-5-3-6-10-35)51-42-14-16-46(44(28-42)36-11-7-4-8-12-36)55-30-48(53)57-50(2)39-23-33-18-34(25-39)26-40(50)24-33/h3-16,27-28,31-34,37-40H,17-26,29-30H2,1-2H3/q-1. The predicted octanol–water partition coefficient (Wildman–Crippen LogP) is 7.42. The molecule has 298 valence electrons. The number of rotatable bonds is 12. The first-order valence-corrected chi connectivity index (χ1v) is 23.6. The number of carbonyl (C=O) groups excluding carboxylic acids is 2. The molecule has 0 radical (unpaired) electrons. The Morgan fingerprint density at radius 3 is 1.21 bits per heavy atom. The van der Waals surface area contributed by atoms with Crippen LogP contribution in [0.3, 0.4) is 0 Å². The van der Waals surface area contributed by atoms with Crippen LogP contribution in [-0.4, -0.2) is 36.4 Å². The number of hydrogen-bond donors (Lipinski definition) is 0. The summed E-state index contributed by atoms with van der Waals surface area (Å²) in [5.41, 5.74) is 3.27. The summed E-state index contributed by atoms with van der Waals surface area (Å²) in [5.74, 6) is 5.98. The fourth-order valence-corrected chi connectivity index (χ4v) is 15.0. The first-order valence-electron chi connectivity index (χ1n) is 21.4. The summed E-state index contributed by atoms with van der Waals surface area (Å²) in [7, 11) is 0. The first-order chi connectivity index (χ1) is 27.7. The van der Waals surface area contributed by atoms with Crippen LogP contribution in [0.1, 0.15) is 78.1 Å². The van der Waals surface area contributed by atoms with Gasteiger partial charge in [0.05, 0.1) is 0 Å². The Labute approximate surface area is 347 Å². The van der Waals surface area contributed by atoms with Crippen LogP contribution in [-0.2, 0) is 19.1 Å². The van der Waals surface area contributed by atoms with Gasteiger partial charge in [0.1, 0.15) is 0 Å². The zero-order valence-corrected chi connectivity index (χ0v) is 35.3. The minimum atomic E-state index is -0.605. The molecular formula is C50H54IO6-. The summed E-state index contributed by atoms with van der Waals surface area (Å²) in [6.07, 6.45) is 12.3. The van der Waals surface area contributed by atoms with Crippen molar-refractivity contribution in [1.82, 2.24) is 0 Å².